The normalized spacial score (nSPS) is 14.0. The Morgan fingerprint density at radius 3 is 2.91 bits per heavy atom. The van der Waals surface area contributed by atoms with Crippen molar-refractivity contribution < 1.29 is 4.74 Å². The van der Waals surface area contributed by atoms with E-state index in [1.54, 1.807) is 13.3 Å². The Morgan fingerprint density at radius 1 is 1.26 bits per heavy atom. The van der Waals surface area contributed by atoms with Gasteiger partial charge in [0.2, 0.25) is 0 Å². The number of benzene rings is 1. The number of hydrogen-bond donors (Lipinski definition) is 0. The van der Waals surface area contributed by atoms with Crippen LogP contribution < -0.4 is 4.90 Å². The molecule has 0 aliphatic heterocycles. The number of nitrogens with zero attached hydrogens (tertiary/aromatic N) is 2. The van der Waals surface area contributed by atoms with E-state index in [0.29, 0.717) is 0 Å². The summed E-state index contributed by atoms with van der Waals surface area (Å²) in [6.45, 7) is 0.730. The van der Waals surface area contributed by atoms with E-state index in [1.807, 2.05) is 30.5 Å². The van der Waals surface area contributed by atoms with Crippen LogP contribution in [0.3, 0.4) is 0 Å². The molecule has 1 aromatic heterocycles. The zero-order chi connectivity index (χ0) is 16.1. The minimum atomic E-state index is 0.728. The molecule has 0 atom stereocenters. The van der Waals surface area contributed by atoms with Crippen molar-refractivity contribution in [3.8, 4) is 0 Å². The van der Waals surface area contributed by atoms with E-state index in [2.05, 4.69) is 34.2 Å². The van der Waals surface area contributed by atoms with Crippen LogP contribution in [0.25, 0.3) is 0 Å². The Labute approximate surface area is 141 Å². The minimum absolute atomic E-state index is 0.728. The highest BCUT2D eigenvalue weighted by atomic mass is 35.5. The van der Waals surface area contributed by atoms with E-state index in [4.69, 9.17) is 16.3 Å². The molecule has 23 heavy (non-hydrogen) atoms. The SMILES string of the molecule is COC1=CC(N(Cc2cccnc2)c2cccc(Cl)c2)=CCC1. The number of anilines is 1. The molecular weight excluding hydrogens is 308 g/mol. The lowest BCUT2D eigenvalue weighted by Gasteiger charge is -2.28. The summed E-state index contributed by atoms with van der Waals surface area (Å²) in [6, 6.07) is 11.9. The maximum absolute atomic E-state index is 6.19. The average molecular weight is 327 g/mol. The van der Waals surface area contributed by atoms with Crippen LogP contribution >= 0.6 is 11.6 Å². The monoisotopic (exact) mass is 326 g/mol. The van der Waals surface area contributed by atoms with Gasteiger partial charge in [-0.15, -0.1) is 0 Å². The van der Waals surface area contributed by atoms with Crippen LogP contribution in [0.4, 0.5) is 5.69 Å². The molecule has 0 spiro atoms. The van der Waals surface area contributed by atoms with Crippen LogP contribution in [-0.4, -0.2) is 12.1 Å². The van der Waals surface area contributed by atoms with Crippen LogP contribution in [0.2, 0.25) is 5.02 Å². The van der Waals surface area contributed by atoms with Crippen LogP contribution in [-0.2, 0) is 11.3 Å². The third-order valence-corrected chi connectivity index (χ3v) is 4.05. The summed E-state index contributed by atoms with van der Waals surface area (Å²) in [7, 11) is 1.72. The van der Waals surface area contributed by atoms with Gasteiger partial charge in [-0.2, -0.15) is 0 Å². The average Bonchev–Trinajstić information content (AvgIpc) is 2.60. The largest absolute Gasteiger partial charge is 0.501 e. The number of pyridine rings is 1. The summed E-state index contributed by atoms with van der Waals surface area (Å²) in [6.07, 6.45) is 9.92. The fourth-order valence-corrected chi connectivity index (χ4v) is 2.84. The lowest BCUT2D eigenvalue weighted by Crippen LogP contribution is -2.22. The van der Waals surface area contributed by atoms with E-state index in [9.17, 15) is 0 Å². The van der Waals surface area contributed by atoms with Gasteiger partial charge in [0, 0.05) is 41.8 Å². The van der Waals surface area contributed by atoms with Crippen molar-refractivity contribution in [1.29, 1.82) is 0 Å². The van der Waals surface area contributed by atoms with Crippen LogP contribution in [0.15, 0.2) is 72.4 Å². The molecule has 118 valence electrons. The number of ether oxygens (including phenoxy) is 1. The van der Waals surface area contributed by atoms with Gasteiger partial charge in [-0.05, 0) is 42.3 Å². The molecule has 0 radical (unpaired) electrons. The van der Waals surface area contributed by atoms with Gasteiger partial charge < -0.3 is 9.64 Å². The van der Waals surface area contributed by atoms with Gasteiger partial charge in [0.15, 0.2) is 0 Å². The van der Waals surface area contributed by atoms with Gasteiger partial charge in [0.1, 0.15) is 0 Å². The quantitative estimate of drug-likeness (QED) is 0.777. The molecule has 0 saturated carbocycles. The van der Waals surface area contributed by atoms with Crippen molar-refractivity contribution in [2.24, 2.45) is 0 Å². The second-order valence-corrected chi connectivity index (χ2v) is 5.85. The molecule has 2 aromatic rings. The summed E-state index contributed by atoms with van der Waals surface area (Å²) >= 11 is 6.19. The molecule has 3 nitrogen and oxygen atoms in total. The Hall–Kier alpha value is -2.26. The van der Waals surface area contributed by atoms with Gasteiger partial charge in [-0.1, -0.05) is 29.8 Å². The molecular formula is C19H19ClN2O. The fourth-order valence-electron chi connectivity index (χ4n) is 2.66. The van der Waals surface area contributed by atoms with Gasteiger partial charge >= 0.3 is 0 Å². The van der Waals surface area contributed by atoms with E-state index >= 15 is 0 Å². The zero-order valence-corrected chi connectivity index (χ0v) is 13.8. The van der Waals surface area contributed by atoms with E-state index < -0.39 is 0 Å². The number of aromatic nitrogens is 1. The first kappa shape index (κ1) is 15.6. The van der Waals surface area contributed by atoms with E-state index in [1.165, 1.54) is 0 Å². The first-order valence-electron chi connectivity index (χ1n) is 7.63. The molecule has 4 heteroatoms. The molecule has 0 amide bonds. The standard InChI is InChI=1S/C19H19ClN2O/c1-23-19-9-3-8-18(12-19)22(14-15-5-4-10-21-13-15)17-7-2-6-16(20)11-17/h2,4-8,10-13H,3,9,14H2,1H3. The van der Waals surface area contributed by atoms with Crippen molar-refractivity contribution in [2.45, 2.75) is 19.4 Å². The molecule has 1 aliphatic rings. The molecule has 0 N–H and O–H groups in total. The predicted molar refractivity (Wildman–Crippen MR) is 94.3 cm³/mol. The lowest BCUT2D eigenvalue weighted by atomic mass is 10.1. The van der Waals surface area contributed by atoms with Gasteiger partial charge in [-0.3, -0.25) is 4.98 Å². The van der Waals surface area contributed by atoms with Crippen molar-refractivity contribution in [3.05, 3.63) is 83.0 Å². The smallest absolute Gasteiger partial charge is 0.0979 e. The molecule has 0 bridgehead atoms. The highest BCUT2D eigenvalue weighted by Crippen LogP contribution is 2.29. The van der Waals surface area contributed by atoms with Gasteiger partial charge in [0.25, 0.3) is 0 Å². The molecule has 1 aromatic carbocycles. The first-order chi connectivity index (χ1) is 11.3. The number of methoxy groups -OCH3 is 1. The second-order valence-electron chi connectivity index (χ2n) is 5.41. The highest BCUT2D eigenvalue weighted by Gasteiger charge is 2.15. The van der Waals surface area contributed by atoms with E-state index in [0.717, 1.165) is 47.1 Å². The van der Waals surface area contributed by atoms with Gasteiger partial charge in [0.05, 0.1) is 12.9 Å². The van der Waals surface area contributed by atoms with Crippen molar-refractivity contribution in [2.75, 3.05) is 12.0 Å². The first-order valence-corrected chi connectivity index (χ1v) is 8.01. The zero-order valence-electron chi connectivity index (χ0n) is 13.1. The summed E-state index contributed by atoms with van der Waals surface area (Å²) in [5.41, 5.74) is 3.33. The number of halogens is 1. The minimum Gasteiger partial charge on any atom is -0.501 e. The lowest BCUT2D eigenvalue weighted by molar-refractivity contribution is 0.275. The topological polar surface area (TPSA) is 25.4 Å². The summed E-state index contributed by atoms with van der Waals surface area (Å²) in [4.78, 5) is 6.45. The van der Waals surface area contributed by atoms with Crippen LogP contribution in [0.5, 0.6) is 0 Å². The highest BCUT2D eigenvalue weighted by molar-refractivity contribution is 6.30. The maximum atomic E-state index is 6.19. The van der Waals surface area contributed by atoms with Crippen LogP contribution in [0.1, 0.15) is 18.4 Å². The Balaban J connectivity index is 1.96. The van der Waals surface area contributed by atoms with E-state index in [-0.39, 0.29) is 0 Å². The third-order valence-electron chi connectivity index (χ3n) is 3.81. The molecule has 0 saturated heterocycles. The molecule has 1 aliphatic carbocycles. The Kier molecular flexibility index (Phi) is 4.99. The number of allylic oxidation sites excluding steroid dienone is 3. The van der Waals surface area contributed by atoms with Crippen molar-refractivity contribution in [1.82, 2.24) is 4.98 Å². The molecule has 1 heterocycles. The summed E-state index contributed by atoms with van der Waals surface area (Å²) in [5.74, 6) is 1.00. The Bertz CT molecular complexity index is 725. The molecule has 0 unspecified atom stereocenters. The Morgan fingerprint density at radius 2 is 2.17 bits per heavy atom. The number of rotatable bonds is 5. The predicted octanol–water partition coefficient (Wildman–Crippen LogP) is 4.95. The molecule has 3 rings (SSSR count). The van der Waals surface area contributed by atoms with Gasteiger partial charge in [-0.25, -0.2) is 0 Å². The van der Waals surface area contributed by atoms with Crippen molar-refractivity contribution >= 4 is 17.3 Å². The molecule has 0 fully saturated rings. The van der Waals surface area contributed by atoms with Crippen molar-refractivity contribution in [3.63, 3.8) is 0 Å². The fraction of sp³-hybridized carbons (Fsp3) is 0.211. The van der Waals surface area contributed by atoms with Crippen LogP contribution in [0, 0.1) is 0 Å². The number of hydrogen-bond acceptors (Lipinski definition) is 3. The summed E-state index contributed by atoms with van der Waals surface area (Å²) < 4.78 is 5.44. The summed E-state index contributed by atoms with van der Waals surface area (Å²) in [5, 5.41) is 0.728. The maximum Gasteiger partial charge on any atom is 0.0979 e. The third kappa shape index (κ3) is 3.93. The second kappa shape index (κ2) is 7.34.